The fourth-order valence-electron chi connectivity index (χ4n) is 2.49. The molecule has 0 amide bonds. The van der Waals surface area contributed by atoms with E-state index in [1.54, 1.807) is 0 Å². The van der Waals surface area contributed by atoms with Gasteiger partial charge in [0.25, 0.3) is 0 Å². The van der Waals surface area contributed by atoms with Crippen molar-refractivity contribution in [2.45, 2.75) is 38.1 Å². The normalized spacial score (nSPS) is 17.1. The summed E-state index contributed by atoms with van der Waals surface area (Å²) in [6.45, 7) is 4.90. The molecule has 0 unspecified atom stereocenters. The van der Waals surface area contributed by atoms with Gasteiger partial charge in [0, 0.05) is 5.54 Å². The number of hydrogen-bond donors (Lipinski definition) is 0. The van der Waals surface area contributed by atoms with Gasteiger partial charge in [-0.1, -0.05) is 6.07 Å². The lowest BCUT2D eigenvalue weighted by Crippen LogP contribution is -2.14. The highest BCUT2D eigenvalue weighted by Crippen LogP contribution is 2.46. The smallest absolute Gasteiger partial charge is 0.147 e. The highest BCUT2D eigenvalue weighted by atomic mass is 35.5. The number of alkyl halides is 1. The maximum absolute atomic E-state index is 6.04. The van der Waals surface area contributed by atoms with Crippen molar-refractivity contribution in [2.24, 2.45) is 0 Å². The van der Waals surface area contributed by atoms with Gasteiger partial charge in [-0.25, -0.2) is 4.98 Å². The summed E-state index contributed by atoms with van der Waals surface area (Å²) in [6.07, 6.45) is 2.39. The zero-order valence-corrected chi connectivity index (χ0v) is 11.5. The molecule has 4 heteroatoms. The van der Waals surface area contributed by atoms with Crippen LogP contribution in [0.25, 0.3) is 11.0 Å². The van der Waals surface area contributed by atoms with Crippen LogP contribution < -0.4 is 4.74 Å². The summed E-state index contributed by atoms with van der Waals surface area (Å²) in [5, 5.41) is 0. The van der Waals surface area contributed by atoms with Crippen LogP contribution in [0.3, 0.4) is 0 Å². The zero-order valence-electron chi connectivity index (χ0n) is 10.7. The van der Waals surface area contributed by atoms with E-state index in [-0.39, 0.29) is 5.54 Å². The summed E-state index contributed by atoms with van der Waals surface area (Å²) in [6, 6.07) is 6.09. The Morgan fingerprint density at radius 1 is 1.44 bits per heavy atom. The lowest BCUT2D eigenvalue weighted by Gasteiger charge is -2.15. The van der Waals surface area contributed by atoms with E-state index in [2.05, 4.69) is 22.5 Å². The Hall–Kier alpha value is -1.22. The van der Waals surface area contributed by atoms with Gasteiger partial charge in [0.1, 0.15) is 17.1 Å². The second-order valence-electron chi connectivity index (χ2n) is 5.05. The predicted molar refractivity (Wildman–Crippen MR) is 73.3 cm³/mol. The number of aromatic nitrogens is 2. The molecule has 0 atom stereocenters. The Bertz CT molecular complexity index is 587. The minimum atomic E-state index is 0.198. The van der Waals surface area contributed by atoms with Gasteiger partial charge < -0.3 is 9.30 Å². The molecule has 1 fully saturated rings. The van der Waals surface area contributed by atoms with Gasteiger partial charge in [-0.2, -0.15) is 0 Å². The summed E-state index contributed by atoms with van der Waals surface area (Å²) < 4.78 is 7.94. The van der Waals surface area contributed by atoms with Gasteiger partial charge in [-0.3, -0.25) is 0 Å². The molecule has 0 aliphatic heterocycles. The molecule has 1 saturated carbocycles. The van der Waals surface area contributed by atoms with Gasteiger partial charge in [0.2, 0.25) is 0 Å². The Labute approximate surface area is 112 Å². The van der Waals surface area contributed by atoms with Gasteiger partial charge >= 0.3 is 0 Å². The third-order valence-electron chi connectivity index (χ3n) is 3.65. The number of nitrogens with zero attached hydrogens (tertiary/aromatic N) is 2. The molecule has 0 N–H and O–H groups in total. The van der Waals surface area contributed by atoms with Crippen LogP contribution in [0, 0.1) is 0 Å². The number of fused-ring (bicyclic) bond motifs is 1. The molecule has 1 aromatic heterocycles. The van der Waals surface area contributed by atoms with Gasteiger partial charge in [0.15, 0.2) is 0 Å². The Morgan fingerprint density at radius 2 is 2.22 bits per heavy atom. The maximum atomic E-state index is 6.04. The Kier molecular flexibility index (Phi) is 2.74. The number of rotatable bonds is 4. The lowest BCUT2D eigenvalue weighted by atomic mass is 10.2. The molecule has 96 valence electrons. The highest BCUT2D eigenvalue weighted by Gasteiger charge is 2.41. The SMILES string of the molecule is CCOc1cccc2c1nc(CCl)n2C1(C)CC1. The highest BCUT2D eigenvalue weighted by molar-refractivity contribution is 6.17. The topological polar surface area (TPSA) is 27.1 Å². The first-order valence-corrected chi connectivity index (χ1v) is 6.92. The minimum Gasteiger partial charge on any atom is -0.492 e. The molecule has 1 aromatic carbocycles. The van der Waals surface area contributed by atoms with Crippen LogP contribution >= 0.6 is 11.6 Å². The Morgan fingerprint density at radius 3 is 2.83 bits per heavy atom. The van der Waals surface area contributed by atoms with Crippen molar-refractivity contribution in [3.8, 4) is 5.75 Å². The number of imidazole rings is 1. The minimum absolute atomic E-state index is 0.198. The first-order valence-electron chi connectivity index (χ1n) is 6.39. The number of hydrogen-bond acceptors (Lipinski definition) is 2. The first kappa shape index (κ1) is 11.8. The van der Waals surface area contributed by atoms with Crippen LogP contribution in [-0.4, -0.2) is 16.2 Å². The van der Waals surface area contributed by atoms with Gasteiger partial charge in [-0.15, -0.1) is 11.6 Å². The quantitative estimate of drug-likeness (QED) is 0.788. The fraction of sp³-hybridized carbons (Fsp3) is 0.500. The van der Waals surface area contributed by atoms with Crippen LogP contribution in [0.4, 0.5) is 0 Å². The molecule has 0 bridgehead atoms. The molecule has 1 heterocycles. The van der Waals surface area contributed by atoms with Crippen molar-refractivity contribution in [2.75, 3.05) is 6.61 Å². The molecule has 3 rings (SSSR count). The molecule has 2 aromatic rings. The number of ether oxygens (including phenoxy) is 1. The van der Waals surface area contributed by atoms with E-state index in [0.717, 1.165) is 22.6 Å². The average Bonchev–Trinajstić information content (AvgIpc) is 2.98. The largest absolute Gasteiger partial charge is 0.492 e. The monoisotopic (exact) mass is 264 g/mol. The van der Waals surface area contributed by atoms with Crippen molar-refractivity contribution >= 4 is 22.6 Å². The molecule has 18 heavy (non-hydrogen) atoms. The van der Waals surface area contributed by atoms with Crippen LogP contribution in [0.15, 0.2) is 18.2 Å². The fourth-order valence-corrected chi connectivity index (χ4v) is 2.67. The van der Waals surface area contributed by atoms with Crippen molar-refractivity contribution < 1.29 is 4.74 Å². The molecule has 1 aliphatic carbocycles. The second kappa shape index (κ2) is 4.16. The zero-order chi connectivity index (χ0) is 12.8. The van der Waals surface area contributed by atoms with Crippen LogP contribution in [0.2, 0.25) is 0 Å². The molecule has 0 spiro atoms. The lowest BCUT2D eigenvalue weighted by molar-refractivity contribution is 0.343. The summed E-state index contributed by atoms with van der Waals surface area (Å²) >= 11 is 6.04. The summed E-state index contributed by atoms with van der Waals surface area (Å²) in [5.41, 5.74) is 2.27. The third-order valence-corrected chi connectivity index (χ3v) is 3.89. The van der Waals surface area contributed by atoms with Crippen LogP contribution in [0.1, 0.15) is 32.5 Å². The van der Waals surface area contributed by atoms with E-state index in [4.69, 9.17) is 16.3 Å². The maximum Gasteiger partial charge on any atom is 0.147 e. The molecule has 0 saturated heterocycles. The van der Waals surface area contributed by atoms with E-state index in [9.17, 15) is 0 Å². The van der Waals surface area contributed by atoms with E-state index in [1.165, 1.54) is 12.8 Å². The molecule has 0 radical (unpaired) electrons. The second-order valence-corrected chi connectivity index (χ2v) is 5.32. The Balaban J connectivity index is 2.24. The predicted octanol–water partition coefficient (Wildman–Crippen LogP) is 3.68. The number of para-hydroxylation sites is 1. The molecular formula is C14H17ClN2O. The van der Waals surface area contributed by atoms with E-state index >= 15 is 0 Å². The molecule has 1 aliphatic rings. The molecule has 3 nitrogen and oxygen atoms in total. The van der Waals surface area contributed by atoms with E-state index < -0.39 is 0 Å². The summed E-state index contributed by atoms with van der Waals surface area (Å²) in [5.74, 6) is 2.23. The standard InChI is InChI=1S/C14H17ClN2O/c1-3-18-11-6-4-5-10-13(11)16-12(9-15)17(10)14(2)7-8-14/h4-6H,3,7-9H2,1-2H3. The van der Waals surface area contributed by atoms with Crippen molar-refractivity contribution in [1.29, 1.82) is 0 Å². The van der Waals surface area contributed by atoms with Crippen molar-refractivity contribution in [3.63, 3.8) is 0 Å². The third kappa shape index (κ3) is 1.69. The van der Waals surface area contributed by atoms with Crippen LogP contribution in [-0.2, 0) is 11.4 Å². The van der Waals surface area contributed by atoms with E-state index in [1.807, 2.05) is 19.1 Å². The van der Waals surface area contributed by atoms with Crippen molar-refractivity contribution in [1.82, 2.24) is 9.55 Å². The first-order chi connectivity index (χ1) is 8.69. The van der Waals surface area contributed by atoms with Gasteiger partial charge in [-0.05, 0) is 38.8 Å². The van der Waals surface area contributed by atoms with Crippen molar-refractivity contribution in [3.05, 3.63) is 24.0 Å². The number of halogens is 1. The average molecular weight is 265 g/mol. The number of benzene rings is 1. The summed E-state index contributed by atoms with van der Waals surface area (Å²) in [7, 11) is 0. The summed E-state index contributed by atoms with van der Waals surface area (Å²) in [4.78, 5) is 4.66. The van der Waals surface area contributed by atoms with Crippen LogP contribution in [0.5, 0.6) is 5.75 Å². The van der Waals surface area contributed by atoms with Gasteiger partial charge in [0.05, 0.1) is 18.0 Å². The van der Waals surface area contributed by atoms with E-state index in [0.29, 0.717) is 12.5 Å². The molecular weight excluding hydrogens is 248 g/mol.